The number of carboxylic acid groups (broad SMARTS) is 2. The molecule has 0 saturated carbocycles. The van der Waals surface area contributed by atoms with Gasteiger partial charge < -0.3 is 34.1 Å². The first-order valence-electron chi connectivity index (χ1n) is 5.27. The largest absolute Gasteiger partial charge is 2.00 e. The molecule has 6 nitrogen and oxygen atoms in total. The molecule has 0 fully saturated rings. The van der Waals surface area contributed by atoms with E-state index in [1.807, 2.05) is 12.5 Å². The molecule has 0 heterocycles. The van der Waals surface area contributed by atoms with Crippen molar-refractivity contribution in [1.82, 2.24) is 0 Å². The smallest absolute Gasteiger partial charge is 1.00 e. The number of nitrogens with two attached hydrogens (primary N) is 2. The standard InChI is InChI=1S/2C5H11NO2S.Ca.2H/c2*1-9-3-2-4(6)5(7)8;;;/h2*4H,2-3,6H2,1H3,(H,7,8);;;/q;;+2;2*-1/p-2/t2*4-;;;/m00.../s1. The van der Waals surface area contributed by atoms with E-state index in [-0.39, 0.29) is 40.6 Å². The Morgan fingerprint density at radius 3 is 1.42 bits per heavy atom. The summed E-state index contributed by atoms with van der Waals surface area (Å²) in [7, 11) is 0. The number of aliphatic carboxylic acids is 2. The monoisotopic (exact) mass is 338 g/mol. The number of rotatable bonds is 8. The van der Waals surface area contributed by atoms with Crippen molar-refractivity contribution in [2.45, 2.75) is 24.9 Å². The molecule has 2 atom stereocenters. The van der Waals surface area contributed by atoms with Crippen LogP contribution in [0.3, 0.4) is 0 Å². The third kappa shape index (κ3) is 18.8. The molecule has 112 valence electrons. The third-order valence-electron chi connectivity index (χ3n) is 1.87. The summed E-state index contributed by atoms with van der Waals surface area (Å²) >= 11 is 3.15. The summed E-state index contributed by atoms with van der Waals surface area (Å²) in [4.78, 5) is 19.9. The summed E-state index contributed by atoms with van der Waals surface area (Å²) < 4.78 is 0. The Hall–Kier alpha value is 0.820. The first-order valence-corrected chi connectivity index (χ1v) is 8.06. The molecule has 0 aliphatic rings. The zero-order valence-corrected chi connectivity index (χ0v) is 15.1. The summed E-state index contributed by atoms with van der Waals surface area (Å²) in [5.74, 6) is -0.780. The Bertz CT molecular complexity index is 233. The van der Waals surface area contributed by atoms with Crippen molar-refractivity contribution in [2.24, 2.45) is 11.5 Å². The molecule has 0 spiro atoms. The summed E-state index contributed by atoms with van der Waals surface area (Å²) in [6.45, 7) is 0. The van der Waals surface area contributed by atoms with Crippen LogP contribution >= 0.6 is 23.5 Å². The Kier molecular flexibility index (Phi) is 22.0. The van der Waals surface area contributed by atoms with Gasteiger partial charge in [-0.05, 0) is 36.9 Å². The van der Waals surface area contributed by atoms with Crippen LogP contribution in [0.2, 0.25) is 0 Å². The van der Waals surface area contributed by atoms with E-state index in [2.05, 4.69) is 0 Å². The fraction of sp³-hybridized carbons (Fsp3) is 0.800. The number of carbonyl (C=O) groups excluding carboxylic acids is 2. The Labute approximate surface area is 155 Å². The molecule has 0 bridgehead atoms. The van der Waals surface area contributed by atoms with Gasteiger partial charge in [-0.25, -0.2) is 0 Å². The van der Waals surface area contributed by atoms with Crippen LogP contribution < -0.4 is 21.7 Å². The van der Waals surface area contributed by atoms with Gasteiger partial charge in [0.25, 0.3) is 0 Å². The minimum absolute atomic E-state index is 0. The van der Waals surface area contributed by atoms with E-state index in [9.17, 15) is 19.8 Å². The molecule has 0 aromatic carbocycles. The average molecular weight is 339 g/mol. The minimum atomic E-state index is -1.16. The predicted octanol–water partition coefficient (Wildman–Crippen LogP) is -2.52. The van der Waals surface area contributed by atoms with Gasteiger partial charge in [0.1, 0.15) is 0 Å². The van der Waals surface area contributed by atoms with Crippen molar-refractivity contribution < 1.29 is 22.7 Å². The molecule has 0 unspecified atom stereocenters. The van der Waals surface area contributed by atoms with Crippen LogP contribution in [0.25, 0.3) is 0 Å². The molecule has 0 aromatic rings. The van der Waals surface area contributed by atoms with Crippen molar-refractivity contribution in [3.05, 3.63) is 0 Å². The Balaban J connectivity index is -0.0000000711. The van der Waals surface area contributed by atoms with Gasteiger partial charge in [-0.15, -0.1) is 0 Å². The van der Waals surface area contributed by atoms with Gasteiger partial charge in [0.15, 0.2) is 0 Å². The van der Waals surface area contributed by atoms with Crippen LogP contribution in [-0.4, -0.2) is 85.8 Å². The number of carboxylic acids is 2. The maximum Gasteiger partial charge on any atom is 2.00 e. The fourth-order valence-corrected chi connectivity index (χ4v) is 1.70. The number of hydrogen-bond acceptors (Lipinski definition) is 8. The summed E-state index contributed by atoms with van der Waals surface area (Å²) in [5, 5.41) is 19.9. The predicted molar refractivity (Wildman–Crippen MR) is 79.9 cm³/mol. The van der Waals surface area contributed by atoms with Gasteiger partial charge in [0, 0.05) is 12.1 Å². The second kappa shape index (κ2) is 16.9. The molecular formula is C10H22CaN2O4S2-2. The minimum Gasteiger partial charge on any atom is -1.00 e. The van der Waals surface area contributed by atoms with E-state index in [1.165, 1.54) is 0 Å². The molecule has 4 N–H and O–H groups in total. The van der Waals surface area contributed by atoms with Gasteiger partial charge in [-0.1, -0.05) is 0 Å². The number of carbonyl (C=O) groups is 2. The van der Waals surface area contributed by atoms with E-state index in [4.69, 9.17) is 11.5 Å². The van der Waals surface area contributed by atoms with E-state index >= 15 is 0 Å². The van der Waals surface area contributed by atoms with Crippen LogP contribution in [0.15, 0.2) is 0 Å². The topological polar surface area (TPSA) is 132 Å². The van der Waals surface area contributed by atoms with Crippen molar-refractivity contribution in [3.8, 4) is 0 Å². The number of hydrogen-bond donors (Lipinski definition) is 2. The summed E-state index contributed by atoms with van der Waals surface area (Å²) in [6.07, 6.45) is 4.79. The van der Waals surface area contributed by atoms with Crippen LogP contribution in [-0.2, 0) is 9.59 Å². The van der Waals surface area contributed by atoms with Gasteiger partial charge in [-0.3, -0.25) is 0 Å². The summed E-state index contributed by atoms with van der Waals surface area (Å²) in [6, 6.07) is -1.59. The molecule has 0 aliphatic heterocycles. The first kappa shape index (κ1) is 24.8. The van der Waals surface area contributed by atoms with Gasteiger partial charge >= 0.3 is 37.7 Å². The third-order valence-corrected chi connectivity index (χ3v) is 3.16. The zero-order valence-electron chi connectivity index (χ0n) is 13.3. The molecule has 0 aliphatic carbocycles. The SMILES string of the molecule is CSCC[C@H](N)C(=O)[O-].CSCC[C@H](N)C(=O)[O-].[Ca+2].[H-].[H-]. The Morgan fingerprint density at radius 2 is 1.26 bits per heavy atom. The first-order chi connectivity index (χ1) is 8.36. The molecule has 19 heavy (non-hydrogen) atoms. The van der Waals surface area contributed by atoms with Crippen molar-refractivity contribution in [2.75, 3.05) is 24.0 Å². The normalized spacial score (nSPS) is 12.4. The van der Waals surface area contributed by atoms with E-state index in [0.29, 0.717) is 12.8 Å². The van der Waals surface area contributed by atoms with Crippen molar-refractivity contribution in [3.63, 3.8) is 0 Å². The maximum absolute atomic E-state index is 9.96. The molecule has 0 saturated heterocycles. The average Bonchev–Trinajstić information content (AvgIpc) is 2.33. The van der Waals surface area contributed by atoms with Crippen LogP contribution in [0.4, 0.5) is 0 Å². The number of thioether (sulfide) groups is 2. The second-order valence-electron chi connectivity index (χ2n) is 3.41. The molecule has 9 heteroatoms. The van der Waals surface area contributed by atoms with E-state index in [0.717, 1.165) is 11.5 Å². The quantitative estimate of drug-likeness (QED) is 0.463. The van der Waals surface area contributed by atoms with Crippen molar-refractivity contribution in [1.29, 1.82) is 0 Å². The second-order valence-corrected chi connectivity index (χ2v) is 5.39. The summed E-state index contributed by atoms with van der Waals surface area (Å²) in [5.41, 5.74) is 10.3. The fourth-order valence-electron chi connectivity index (χ4n) is 0.725. The van der Waals surface area contributed by atoms with Gasteiger partial charge in [0.2, 0.25) is 0 Å². The van der Waals surface area contributed by atoms with Crippen LogP contribution in [0.5, 0.6) is 0 Å². The molecule has 0 amide bonds. The molecule has 0 radical (unpaired) electrons. The zero-order chi connectivity index (χ0) is 14.6. The van der Waals surface area contributed by atoms with Gasteiger partial charge in [-0.2, -0.15) is 23.5 Å². The van der Waals surface area contributed by atoms with Gasteiger partial charge in [0.05, 0.1) is 11.9 Å². The molecular weight excluding hydrogens is 316 g/mol. The maximum atomic E-state index is 9.96. The van der Waals surface area contributed by atoms with Crippen LogP contribution in [0.1, 0.15) is 15.7 Å². The molecule has 0 rings (SSSR count). The molecule has 0 aromatic heterocycles. The Morgan fingerprint density at radius 1 is 1.00 bits per heavy atom. The van der Waals surface area contributed by atoms with Crippen LogP contribution in [0, 0.1) is 0 Å². The van der Waals surface area contributed by atoms with E-state index in [1.54, 1.807) is 23.5 Å². The van der Waals surface area contributed by atoms with Crippen molar-refractivity contribution >= 4 is 73.2 Å². The van der Waals surface area contributed by atoms with E-state index < -0.39 is 24.0 Å².